The van der Waals surface area contributed by atoms with Gasteiger partial charge < -0.3 is 4.90 Å². The van der Waals surface area contributed by atoms with Crippen molar-refractivity contribution in [3.8, 4) is 6.07 Å². The number of aromatic nitrogens is 2. The van der Waals surface area contributed by atoms with Crippen molar-refractivity contribution in [3.05, 3.63) is 17.5 Å². The molecule has 1 aromatic heterocycles. The maximum Gasteiger partial charge on any atom is 0.272 e. The summed E-state index contributed by atoms with van der Waals surface area (Å²) in [7, 11) is 1.80. The van der Waals surface area contributed by atoms with E-state index in [0.717, 1.165) is 25.2 Å². The minimum absolute atomic E-state index is 0.0336. The van der Waals surface area contributed by atoms with Crippen LogP contribution in [0.25, 0.3) is 0 Å². The highest BCUT2D eigenvalue weighted by molar-refractivity contribution is 5.92. The average molecular weight is 261 g/mol. The van der Waals surface area contributed by atoms with Crippen molar-refractivity contribution < 1.29 is 4.79 Å². The second kappa shape index (κ2) is 5.85. The third-order valence-corrected chi connectivity index (χ3v) is 3.47. The second-order valence-electron chi connectivity index (χ2n) is 4.72. The zero-order valence-corrected chi connectivity index (χ0v) is 11.5. The van der Waals surface area contributed by atoms with Gasteiger partial charge in [0, 0.05) is 33.2 Å². The fourth-order valence-electron chi connectivity index (χ4n) is 2.27. The maximum atomic E-state index is 12.4. The van der Waals surface area contributed by atoms with Gasteiger partial charge in [-0.05, 0) is 12.5 Å². The highest BCUT2D eigenvalue weighted by Crippen LogP contribution is 2.10. The summed E-state index contributed by atoms with van der Waals surface area (Å²) < 4.78 is 1.66. The maximum absolute atomic E-state index is 12.4. The van der Waals surface area contributed by atoms with Crippen LogP contribution in [-0.2, 0) is 13.5 Å². The smallest absolute Gasteiger partial charge is 0.272 e. The second-order valence-corrected chi connectivity index (χ2v) is 4.72. The highest BCUT2D eigenvalue weighted by atomic mass is 16.2. The first-order valence-corrected chi connectivity index (χ1v) is 6.57. The molecule has 6 heteroatoms. The molecule has 0 bridgehead atoms. The van der Waals surface area contributed by atoms with E-state index < -0.39 is 0 Å². The Bertz CT molecular complexity index is 494. The molecule has 1 amide bonds. The van der Waals surface area contributed by atoms with E-state index in [1.165, 1.54) is 0 Å². The molecule has 0 N–H and O–H groups in total. The molecule has 2 heterocycles. The van der Waals surface area contributed by atoms with E-state index in [1.807, 2.05) is 17.9 Å². The largest absolute Gasteiger partial charge is 0.335 e. The summed E-state index contributed by atoms with van der Waals surface area (Å²) >= 11 is 0. The zero-order chi connectivity index (χ0) is 13.8. The van der Waals surface area contributed by atoms with Crippen LogP contribution >= 0.6 is 0 Å². The number of nitrogens with zero attached hydrogens (tertiary/aromatic N) is 5. The summed E-state index contributed by atoms with van der Waals surface area (Å²) in [6, 6.07) is 4.01. The monoisotopic (exact) mass is 261 g/mol. The van der Waals surface area contributed by atoms with E-state index in [9.17, 15) is 4.79 Å². The topological polar surface area (TPSA) is 65.2 Å². The number of hydrogen-bond donors (Lipinski definition) is 0. The molecular weight excluding hydrogens is 242 g/mol. The number of piperazine rings is 1. The van der Waals surface area contributed by atoms with E-state index in [0.29, 0.717) is 25.3 Å². The van der Waals surface area contributed by atoms with Crippen LogP contribution in [0.5, 0.6) is 0 Å². The molecule has 0 unspecified atom stereocenters. The van der Waals surface area contributed by atoms with Crippen molar-refractivity contribution in [2.75, 3.05) is 32.7 Å². The number of amides is 1. The quantitative estimate of drug-likeness (QED) is 0.732. The first kappa shape index (κ1) is 13.6. The van der Waals surface area contributed by atoms with E-state index in [-0.39, 0.29) is 5.91 Å². The van der Waals surface area contributed by atoms with Crippen molar-refractivity contribution in [2.24, 2.45) is 7.05 Å². The number of aryl methyl sites for hydroxylation is 2. The zero-order valence-electron chi connectivity index (χ0n) is 11.5. The van der Waals surface area contributed by atoms with Gasteiger partial charge in [0.05, 0.1) is 18.3 Å². The molecule has 6 nitrogen and oxygen atoms in total. The first-order chi connectivity index (χ1) is 9.15. The Labute approximate surface area is 113 Å². The molecule has 1 aliphatic heterocycles. The van der Waals surface area contributed by atoms with Crippen LogP contribution in [-0.4, -0.2) is 58.2 Å². The van der Waals surface area contributed by atoms with Crippen LogP contribution in [0, 0.1) is 11.3 Å². The van der Waals surface area contributed by atoms with Crippen molar-refractivity contribution in [2.45, 2.75) is 13.3 Å². The van der Waals surface area contributed by atoms with Crippen molar-refractivity contribution in [1.29, 1.82) is 5.26 Å². The number of carbonyl (C=O) groups excluding carboxylic acids is 1. The van der Waals surface area contributed by atoms with Gasteiger partial charge in [-0.2, -0.15) is 10.4 Å². The molecule has 0 saturated carbocycles. The molecule has 0 aromatic carbocycles. The predicted octanol–water partition coefficient (Wildman–Crippen LogP) is 0.264. The molecular formula is C13H19N5O. The van der Waals surface area contributed by atoms with Gasteiger partial charge >= 0.3 is 0 Å². The van der Waals surface area contributed by atoms with Gasteiger partial charge in [-0.15, -0.1) is 0 Å². The van der Waals surface area contributed by atoms with Crippen LogP contribution in [0.4, 0.5) is 0 Å². The summed E-state index contributed by atoms with van der Waals surface area (Å²) in [5.74, 6) is 0.0336. The van der Waals surface area contributed by atoms with Gasteiger partial charge in [0.2, 0.25) is 0 Å². The Morgan fingerprint density at radius 3 is 2.63 bits per heavy atom. The lowest BCUT2D eigenvalue weighted by atomic mass is 10.2. The van der Waals surface area contributed by atoms with Crippen LogP contribution in [0.15, 0.2) is 6.07 Å². The Hall–Kier alpha value is -1.87. The van der Waals surface area contributed by atoms with Gasteiger partial charge in [0.25, 0.3) is 5.91 Å². The van der Waals surface area contributed by atoms with Crippen LogP contribution < -0.4 is 0 Å². The fraction of sp³-hybridized carbons (Fsp3) is 0.615. The lowest BCUT2D eigenvalue weighted by Gasteiger charge is -2.33. The van der Waals surface area contributed by atoms with Crippen molar-refractivity contribution in [1.82, 2.24) is 19.6 Å². The highest BCUT2D eigenvalue weighted by Gasteiger charge is 2.24. The predicted molar refractivity (Wildman–Crippen MR) is 70.5 cm³/mol. The van der Waals surface area contributed by atoms with Gasteiger partial charge in [-0.1, -0.05) is 6.92 Å². The van der Waals surface area contributed by atoms with E-state index in [1.54, 1.807) is 11.7 Å². The van der Waals surface area contributed by atoms with Gasteiger partial charge in [-0.3, -0.25) is 14.4 Å². The van der Waals surface area contributed by atoms with Gasteiger partial charge in [0.15, 0.2) is 0 Å². The molecule has 0 spiro atoms. The number of nitriles is 1. The average Bonchev–Trinajstić information content (AvgIpc) is 2.80. The first-order valence-electron chi connectivity index (χ1n) is 6.57. The summed E-state index contributed by atoms with van der Waals surface area (Å²) in [6.07, 6.45) is 0.830. The molecule has 0 atom stereocenters. The van der Waals surface area contributed by atoms with Crippen molar-refractivity contribution in [3.63, 3.8) is 0 Å². The van der Waals surface area contributed by atoms with Crippen LogP contribution in [0.3, 0.4) is 0 Å². The molecule has 1 saturated heterocycles. The summed E-state index contributed by atoms with van der Waals surface area (Å²) in [5.41, 5.74) is 1.58. The molecule has 1 fully saturated rings. The fourth-order valence-corrected chi connectivity index (χ4v) is 2.27. The lowest BCUT2D eigenvalue weighted by molar-refractivity contribution is 0.0641. The standard InChI is InChI=1S/C13H19N5O/c1-3-11-10-12(16(2)15-11)13(19)18-8-6-17(5-4-14)7-9-18/h10H,3,5-9H2,1-2H3. The molecule has 102 valence electrons. The number of hydrogen-bond acceptors (Lipinski definition) is 4. The van der Waals surface area contributed by atoms with Crippen LogP contribution in [0.2, 0.25) is 0 Å². The summed E-state index contributed by atoms with van der Waals surface area (Å²) in [5, 5.41) is 13.0. The third kappa shape index (κ3) is 2.93. The van der Waals surface area contributed by atoms with Gasteiger partial charge in [0.1, 0.15) is 5.69 Å². The number of carbonyl (C=O) groups is 1. The molecule has 0 radical (unpaired) electrons. The molecule has 2 rings (SSSR count). The Morgan fingerprint density at radius 1 is 1.42 bits per heavy atom. The van der Waals surface area contributed by atoms with E-state index in [2.05, 4.69) is 16.1 Å². The minimum Gasteiger partial charge on any atom is -0.335 e. The summed E-state index contributed by atoms with van der Waals surface area (Å²) in [4.78, 5) is 16.3. The lowest BCUT2D eigenvalue weighted by Crippen LogP contribution is -2.49. The molecule has 0 aliphatic carbocycles. The Morgan fingerprint density at radius 2 is 2.11 bits per heavy atom. The Kier molecular flexibility index (Phi) is 4.17. The molecule has 1 aromatic rings. The molecule has 19 heavy (non-hydrogen) atoms. The van der Waals surface area contributed by atoms with Gasteiger partial charge in [-0.25, -0.2) is 0 Å². The minimum atomic E-state index is 0.0336. The van der Waals surface area contributed by atoms with E-state index >= 15 is 0 Å². The third-order valence-electron chi connectivity index (χ3n) is 3.47. The normalized spacial score (nSPS) is 16.4. The van der Waals surface area contributed by atoms with Crippen LogP contribution in [0.1, 0.15) is 23.1 Å². The summed E-state index contributed by atoms with van der Waals surface area (Å²) in [6.45, 7) is 5.33. The van der Waals surface area contributed by atoms with E-state index in [4.69, 9.17) is 5.26 Å². The Balaban J connectivity index is 2.01. The van der Waals surface area contributed by atoms with Crippen molar-refractivity contribution >= 4 is 5.91 Å². The SMILES string of the molecule is CCc1cc(C(=O)N2CCN(CC#N)CC2)n(C)n1. The number of rotatable bonds is 3. The molecule has 1 aliphatic rings.